The van der Waals surface area contributed by atoms with E-state index in [0.29, 0.717) is 5.92 Å². The topological polar surface area (TPSA) is 116 Å². The zero-order valence-corrected chi connectivity index (χ0v) is 12.9. The van der Waals surface area contributed by atoms with E-state index in [1.165, 1.54) is 0 Å². The number of carbonyl (C=O) groups excluding carboxylic acids is 1. The average molecular weight is 302 g/mol. The van der Waals surface area contributed by atoms with Crippen molar-refractivity contribution in [2.75, 3.05) is 0 Å². The minimum absolute atomic E-state index is 0.0577. The quantitative estimate of drug-likeness (QED) is 0.491. The van der Waals surface area contributed by atoms with Crippen LogP contribution in [0.15, 0.2) is 0 Å². The summed E-state index contributed by atoms with van der Waals surface area (Å²) in [6, 6.07) is -1.83. The minimum atomic E-state index is -1.24. The molecule has 0 aromatic rings. The summed E-state index contributed by atoms with van der Waals surface area (Å²) in [5.41, 5.74) is 0. The normalized spacial score (nSPS) is 13.5. The van der Waals surface area contributed by atoms with Crippen molar-refractivity contribution in [2.24, 2.45) is 5.92 Å². The summed E-state index contributed by atoms with van der Waals surface area (Å²) < 4.78 is 0. The van der Waals surface area contributed by atoms with Crippen LogP contribution in [0.2, 0.25) is 0 Å². The Morgan fingerprint density at radius 1 is 0.952 bits per heavy atom. The smallest absolute Gasteiger partial charge is 0.326 e. The Bertz CT molecular complexity index is 357. The van der Waals surface area contributed by atoms with Crippen LogP contribution >= 0.6 is 0 Å². The van der Waals surface area contributed by atoms with Crippen molar-refractivity contribution >= 4 is 18.0 Å². The van der Waals surface area contributed by atoms with Crippen molar-refractivity contribution in [2.45, 2.75) is 65.0 Å². The first kappa shape index (κ1) is 19.2. The van der Waals surface area contributed by atoms with E-state index in [0.717, 1.165) is 19.3 Å². The number of urea groups is 1. The Balaban J connectivity index is 4.12. The van der Waals surface area contributed by atoms with Crippen molar-refractivity contribution in [3.63, 3.8) is 0 Å². The van der Waals surface area contributed by atoms with Gasteiger partial charge in [-0.15, -0.1) is 0 Å². The van der Waals surface area contributed by atoms with Gasteiger partial charge in [-0.25, -0.2) is 9.59 Å². The van der Waals surface area contributed by atoms with Gasteiger partial charge in [-0.2, -0.15) is 0 Å². The molecule has 0 fully saturated rings. The maximum atomic E-state index is 11.7. The molecule has 0 bridgehead atoms. The number of amides is 2. The van der Waals surface area contributed by atoms with Crippen molar-refractivity contribution in [1.82, 2.24) is 10.6 Å². The summed E-state index contributed by atoms with van der Waals surface area (Å²) in [4.78, 5) is 33.1. The van der Waals surface area contributed by atoms with Crippen molar-refractivity contribution in [1.29, 1.82) is 0 Å². The molecule has 21 heavy (non-hydrogen) atoms. The predicted octanol–water partition coefficient (Wildman–Crippen LogP) is 1.82. The zero-order valence-electron chi connectivity index (χ0n) is 12.9. The molecule has 0 aliphatic carbocycles. The summed E-state index contributed by atoms with van der Waals surface area (Å²) in [6.07, 6.45) is 2.43. The largest absolute Gasteiger partial charge is 0.481 e. The third kappa shape index (κ3) is 10.6. The molecular formula is C14H26N2O5. The van der Waals surface area contributed by atoms with Gasteiger partial charge >= 0.3 is 18.0 Å². The van der Waals surface area contributed by atoms with Gasteiger partial charge in [-0.05, 0) is 25.7 Å². The molecule has 122 valence electrons. The number of nitrogens with one attached hydrogen (secondary N) is 2. The highest BCUT2D eigenvalue weighted by Gasteiger charge is 2.21. The standard InChI is InChI=1S/C14H26N2O5/c1-9(2)5-4-6-10(3)15-14(21)16-11(13(19)20)7-8-12(17)18/h9-11H,4-8H2,1-3H3,(H,17,18)(H,19,20)(H2,15,16,21)/t10?,11-/m0/s1. The average Bonchev–Trinajstić information content (AvgIpc) is 2.33. The summed E-state index contributed by atoms with van der Waals surface area (Å²) in [5, 5.41) is 22.4. The monoisotopic (exact) mass is 302 g/mol. The fourth-order valence-corrected chi connectivity index (χ4v) is 1.85. The second-order valence-corrected chi connectivity index (χ2v) is 5.67. The predicted molar refractivity (Wildman–Crippen MR) is 78.1 cm³/mol. The molecule has 0 radical (unpaired) electrons. The van der Waals surface area contributed by atoms with Crippen LogP contribution in [0.3, 0.4) is 0 Å². The van der Waals surface area contributed by atoms with Gasteiger partial charge in [-0.3, -0.25) is 4.79 Å². The van der Waals surface area contributed by atoms with E-state index in [1.807, 2.05) is 6.92 Å². The molecule has 2 atom stereocenters. The first-order valence-electron chi connectivity index (χ1n) is 7.24. The lowest BCUT2D eigenvalue weighted by molar-refractivity contribution is -0.140. The van der Waals surface area contributed by atoms with Crippen molar-refractivity contribution in [3.05, 3.63) is 0 Å². The van der Waals surface area contributed by atoms with Crippen molar-refractivity contribution in [3.8, 4) is 0 Å². The molecule has 0 aromatic carbocycles. The van der Waals surface area contributed by atoms with Gasteiger partial charge in [0, 0.05) is 12.5 Å². The van der Waals surface area contributed by atoms with Gasteiger partial charge in [-0.1, -0.05) is 26.7 Å². The number of hydrogen-bond acceptors (Lipinski definition) is 3. The van der Waals surface area contributed by atoms with E-state index < -0.39 is 24.0 Å². The van der Waals surface area contributed by atoms with Crippen LogP contribution in [-0.2, 0) is 9.59 Å². The van der Waals surface area contributed by atoms with E-state index in [4.69, 9.17) is 10.2 Å². The van der Waals surface area contributed by atoms with E-state index in [2.05, 4.69) is 24.5 Å². The molecule has 0 heterocycles. The van der Waals surface area contributed by atoms with Crippen LogP contribution in [0, 0.1) is 5.92 Å². The maximum Gasteiger partial charge on any atom is 0.326 e. The molecule has 0 saturated heterocycles. The Kier molecular flexibility index (Phi) is 9.16. The maximum absolute atomic E-state index is 11.7. The van der Waals surface area contributed by atoms with Crippen LogP contribution in [0.1, 0.15) is 52.9 Å². The molecule has 4 N–H and O–H groups in total. The third-order valence-electron chi connectivity index (χ3n) is 3.05. The van der Waals surface area contributed by atoms with Gasteiger partial charge in [0.2, 0.25) is 0 Å². The number of hydrogen-bond donors (Lipinski definition) is 4. The van der Waals surface area contributed by atoms with E-state index in [1.54, 1.807) is 0 Å². The lowest BCUT2D eigenvalue weighted by Gasteiger charge is -2.18. The number of carboxylic acids is 2. The summed E-state index contributed by atoms with van der Waals surface area (Å²) in [6.45, 7) is 6.11. The molecule has 0 saturated carbocycles. The molecular weight excluding hydrogens is 276 g/mol. The molecule has 0 aliphatic rings. The number of carboxylic acid groups (broad SMARTS) is 2. The number of aliphatic carboxylic acids is 2. The minimum Gasteiger partial charge on any atom is -0.481 e. The molecule has 1 unspecified atom stereocenters. The Morgan fingerprint density at radius 2 is 1.57 bits per heavy atom. The number of rotatable bonds is 10. The Morgan fingerprint density at radius 3 is 2.05 bits per heavy atom. The Labute approximate surface area is 125 Å². The molecule has 0 aliphatic heterocycles. The van der Waals surface area contributed by atoms with Gasteiger partial charge in [0.15, 0.2) is 0 Å². The lowest BCUT2D eigenvalue weighted by atomic mass is 10.0. The van der Waals surface area contributed by atoms with Crippen molar-refractivity contribution < 1.29 is 24.6 Å². The lowest BCUT2D eigenvalue weighted by Crippen LogP contribution is -2.48. The molecule has 0 aromatic heterocycles. The summed E-state index contributed by atoms with van der Waals surface area (Å²) in [5.74, 6) is -1.72. The van der Waals surface area contributed by atoms with Crippen LogP contribution in [0.5, 0.6) is 0 Å². The zero-order chi connectivity index (χ0) is 16.4. The van der Waals surface area contributed by atoms with Gasteiger partial charge in [0.25, 0.3) is 0 Å². The van der Waals surface area contributed by atoms with Crippen LogP contribution in [0.4, 0.5) is 4.79 Å². The summed E-state index contributed by atoms with van der Waals surface area (Å²) >= 11 is 0. The molecule has 0 rings (SSSR count). The Hall–Kier alpha value is -1.79. The molecule has 7 nitrogen and oxygen atoms in total. The van der Waals surface area contributed by atoms with E-state index in [9.17, 15) is 14.4 Å². The SMILES string of the molecule is CC(C)CCCC(C)NC(=O)N[C@@H](CCC(=O)O)C(=O)O. The van der Waals surface area contributed by atoms with Gasteiger partial charge in [0.05, 0.1) is 0 Å². The van der Waals surface area contributed by atoms with E-state index in [-0.39, 0.29) is 18.9 Å². The highest BCUT2D eigenvalue weighted by atomic mass is 16.4. The molecule has 2 amide bonds. The second-order valence-electron chi connectivity index (χ2n) is 5.67. The van der Waals surface area contributed by atoms with E-state index >= 15 is 0 Å². The fraction of sp³-hybridized carbons (Fsp3) is 0.786. The highest BCUT2D eigenvalue weighted by molar-refractivity contribution is 5.83. The second kappa shape index (κ2) is 10.0. The highest BCUT2D eigenvalue weighted by Crippen LogP contribution is 2.08. The van der Waals surface area contributed by atoms with Gasteiger partial charge < -0.3 is 20.8 Å². The number of carbonyl (C=O) groups is 3. The van der Waals surface area contributed by atoms with Crippen LogP contribution < -0.4 is 10.6 Å². The fourth-order valence-electron chi connectivity index (χ4n) is 1.85. The van der Waals surface area contributed by atoms with Crippen LogP contribution in [0.25, 0.3) is 0 Å². The van der Waals surface area contributed by atoms with Crippen LogP contribution in [-0.4, -0.2) is 40.3 Å². The molecule has 0 spiro atoms. The molecule has 7 heteroatoms. The first-order chi connectivity index (χ1) is 9.72. The summed E-state index contributed by atoms with van der Waals surface area (Å²) in [7, 11) is 0. The van der Waals surface area contributed by atoms with Gasteiger partial charge in [0.1, 0.15) is 6.04 Å². The first-order valence-corrected chi connectivity index (χ1v) is 7.24. The third-order valence-corrected chi connectivity index (χ3v) is 3.05.